The minimum absolute atomic E-state index is 0.229. The lowest BCUT2D eigenvalue weighted by Crippen LogP contribution is -2.12. The van der Waals surface area contributed by atoms with Crippen molar-refractivity contribution in [3.05, 3.63) is 59.5 Å². The molecule has 0 aliphatic carbocycles. The van der Waals surface area contributed by atoms with Gasteiger partial charge >= 0.3 is 0 Å². The molecule has 3 aromatic rings. The summed E-state index contributed by atoms with van der Waals surface area (Å²) in [7, 11) is 0. The van der Waals surface area contributed by atoms with Gasteiger partial charge in [-0.2, -0.15) is 0 Å². The number of nitrogens with two attached hydrogens (primary N) is 1. The molecule has 20 heavy (non-hydrogen) atoms. The van der Waals surface area contributed by atoms with E-state index >= 15 is 0 Å². The second-order valence-electron chi connectivity index (χ2n) is 4.33. The fraction of sp³-hybridized carbons (Fsp3) is 0. The van der Waals surface area contributed by atoms with Crippen LogP contribution in [0.1, 0.15) is 10.5 Å². The van der Waals surface area contributed by atoms with Crippen LogP contribution in [0.25, 0.3) is 22.0 Å². The van der Waals surface area contributed by atoms with Gasteiger partial charge in [-0.15, -0.1) is 0 Å². The molecular formula is C15H10ClN3O. The van der Waals surface area contributed by atoms with Crippen LogP contribution in [0, 0.1) is 0 Å². The smallest absolute Gasteiger partial charge is 0.267 e. The van der Waals surface area contributed by atoms with E-state index in [4.69, 9.17) is 17.3 Å². The van der Waals surface area contributed by atoms with E-state index in [1.807, 2.05) is 18.2 Å². The molecule has 2 heterocycles. The summed E-state index contributed by atoms with van der Waals surface area (Å²) in [5.41, 5.74) is 7.89. The number of nitrogens with zero attached hydrogens (tertiary/aromatic N) is 2. The zero-order valence-corrected chi connectivity index (χ0v) is 11.1. The molecule has 0 aliphatic heterocycles. The highest BCUT2D eigenvalue weighted by Gasteiger charge is 2.09. The predicted octanol–water partition coefficient (Wildman–Crippen LogP) is 3.05. The topological polar surface area (TPSA) is 68.9 Å². The van der Waals surface area contributed by atoms with Crippen LogP contribution in [0.4, 0.5) is 0 Å². The van der Waals surface area contributed by atoms with Crippen LogP contribution in [0.5, 0.6) is 0 Å². The first-order valence-electron chi connectivity index (χ1n) is 5.95. The molecule has 0 fully saturated rings. The summed E-state index contributed by atoms with van der Waals surface area (Å²) in [6.45, 7) is 0. The summed E-state index contributed by atoms with van der Waals surface area (Å²) < 4.78 is 0. The molecule has 98 valence electrons. The maximum atomic E-state index is 11.3. The molecule has 0 atom stereocenters. The molecule has 0 bridgehead atoms. The van der Waals surface area contributed by atoms with Crippen molar-refractivity contribution in [1.29, 1.82) is 0 Å². The van der Waals surface area contributed by atoms with E-state index < -0.39 is 5.91 Å². The van der Waals surface area contributed by atoms with E-state index in [0.717, 1.165) is 16.5 Å². The molecule has 1 aromatic carbocycles. The third-order valence-electron chi connectivity index (χ3n) is 2.99. The summed E-state index contributed by atoms with van der Waals surface area (Å²) >= 11 is 6.01. The molecule has 0 aliphatic rings. The van der Waals surface area contributed by atoms with Crippen molar-refractivity contribution in [2.24, 2.45) is 5.73 Å². The number of fused-ring (bicyclic) bond motifs is 1. The Balaban J connectivity index is 2.29. The van der Waals surface area contributed by atoms with Gasteiger partial charge in [0.2, 0.25) is 0 Å². The maximum absolute atomic E-state index is 11.3. The second-order valence-corrected chi connectivity index (χ2v) is 4.77. The first kappa shape index (κ1) is 12.6. The van der Waals surface area contributed by atoms with E-state index in [1.165, 1.54) is 0 Å². The molecule has 0 saturated heterocycles. The Kier molecular flexibility index (Phi) is 3.08. The van der Waals surface area contributed by atoms with Crippen molar-refractivity contribution in [2.45, 2.75) is 0 Å². The van der Waals surface area contributed by atoms with Crippen molar-refractivity contribution in [1.82, 2.24) is 9.97 Å². The molecular weight excluding hydrogens is 274 g/mol. The molecule has 1 amide bonds. The SMILES string of the molecule is NC(=O)c1ccc2cncc(-c3cccc(Cl)c3)c2n1. The Morgan fingerprint density at radius 2 is 2.00 bits per heavy atom. The number of benzene rings is 1. The highest BCUT2D eigenvalue weighted by molar-refractivity contribution is 6.30. The third-order valence-corrected chi connectivity index (χ3v) is 3.22. The number of halogens is 1. The number of primary amides is 1. The van der Waals surface area contributed by atoms with Crippen molar-refractivity contribution >= 4 is 28.4 Å². The highest BCUT2D eigenvalue weighted by Crippen LogP contribution is 2.28. The van der Waals surface area contributed by atoms with Gasteiger partial charge < -0.3 is 5.73 Å². The lowest BCUT2D eigenvalue weighted by Gasteiger charge is -2.07. The fourth-order valence-corrected chi connectivity index (χ4v) is 2.24. The van der Waals surface area contributed by atoms with Crippen LogP contribution >= 0.6 is 11.6 Å². The number of amides is 1. The van der Waals surface area contributed by atoms with Crippen LogP contribution in [0.2, 0.25) is 5.02 Å². The minimum Gasteiger partial charge on any atom is -0.364 e. The van der Waals surface area contributed by atoms with Crippen molar-refractivity contribution < 1.29 is 4.79 Å². The van der Waals surface area contributed by atoms with E-state index in [9.17, 15) is 4.79 Å². The lowest BCUT2D eigenvalue weighted by molar-refractivity contribution is 0.0996. The molecule has 4 nitrogen and oxygen atoms in total. The van der Waals surface area contributed by atoms with E-state index in [1.54, 1.807) is 30.6 Å². The van der Waals surface area contributed by atoms with Crippen LogP contribution in [-0.2, 0) is 0 Å². The summed E-state index contributed by atoms with van der Waals surface area (Å²) in [4.78, 5) is 19.8. The van der Waals surface area contributed by atoms with Gasteiger partial charge in [-0.05, 0) is 29.8 Å². The molecule has 3 rings (SSSR count). The Labute approximate surface area is 120 Å². The van der Waals surface area contributed by atoms with Crippen LogP contribution in [0.15, 0.2) is 48.8 Å². The highest BCUT2D eigenvalue weighted by atomic mass is 35.5. The molecule has 0 spiro atoms. The average Bonchev–Trinajstić information content (AvgIpc) is 2.46. The van der Waals surface area contributed by atoms with Gasteiger partial charge in [0.05, 0.1) is 5.52 Å². The zero-order chi connectivity index (χ0) is 14.1. The number of carbonyl (C=O) groups excluding carboxylic acids is 1. The Morgan fingerprint density at radius 3 is 2.75 bits per heavy atom. The zero-order valence-electron chi connectivity index (χ0n) is 10.4. The predicted molar refractivity (Wildman–Crippen MR) is 78.5 cm³/mol. The van der Waals surface area contributed by atoms with Gasteiger partial charge in [0, 0.05) is 28.4 Å². The molecule has 2 N–H and O–H groups in total. The second kappa shape index (κ2) is 4.90. The average molecular weight is 284 g/mol. The number of aromatic nitrogens is 2. The van der Waals surface area contributed by atoms with Gasteiger partial charge in [0.15, 0.2) is 0 Å². The number of carbonyl (C=O) groups is 1. The standard InChI is InChI=1S/C15H10ClN3O/c16-11-3-1-2-9(6-11)12-8-18-7-10-4-5-13(15(17)20)19-14(10)12/h1-8H,(H2,17,20). The van der Waals surface area contributed by atoms with Gasteiger partial charge in [0.25, 0.3) is 5.91 Å². The largest absolute Gasteiger partial charge is 0.364 e. The minimum atomic E-state index is -0.555. The Morgan fingerprint density at radius 1 is 1.15 bits per heavy atom. The first-order valence-corrected chi connectivity index (χ1v) is 6.33. The number of pyridine rings is 2. The summed E-state index contributed by atoms with van der Waals surface area (Å²) in [5.74, 6) is -0.555. The first-order chi connectivity index (χ1) is 9.65. The fourth-order valence-electron chi connectivity index (χ4n) is 2.05. The van der Waals surface area contributed by atoms with Crippen LogP contribution in [-0.4, -0.2) is 15.9 Å². The molecule has 0 radical (unpaired) electrons. The summed E-state index contributed by atoms with van der Waals surface area (Å²) in [6, 6.07) is 10.8. The van der Waals surface area contributed by atoms with Crippen molar-refractivity contribution in [2.75, 3.05) is 0 Å². The monoisotopic (exact) mass is 283 g/mol. The summed E-state index contributed by atoms with van der Waals surface area (Å²) in [6.07, 6.45) is 3.40. The van der Waals surface area contributed by atoms with Gasteiger partial charge in [-0.25, -0.2) is 4.98 Å². The molecule has 2 aromatic heterocycles. The van der Waals surface area contributed by atoms with Gasteiger partial charge in [0.1, 0.15) is 5.69 Å². The van der Waals surface area contributed by atoms with Crippen LogP contribution in [0.3, 0.4) is 0 Å². The van der Waals surface area contributed by atoms with Crippen LogP contribution < -0.4 is 5.73 Å². The van der Waals surface area contributed by atoms with E-state index in [-0.39, 0.29) is 5.69 Å². The van der Waals surface area contributed by atoms with E-state index in [0.29, 0.717) is 10.5 Å². The Hall–Kier alpha value is -2.46. The van der Waals surface area contributed by atoms with Gasteiger partial charge in [-0.1, -0.05) is 23.7 Å². The molecule has 5 heteroatoms. The maximum Gasteiger partial charge on any atom is 0.267 e. The van der Waals surface area contributed by atoms with Crippen molar-refractivity contribution in [3.8, 4) is 11.1 Å². The quantitative estimate of drug-likeness (QED) is 0.786. The third kappa shape index (κ3) is 2.21. The van der Waals surface area contributed by atoms with Crippen molar-refractivity contribution in [3.63, 3.8) is 0 Å². The Bertz CT molecular complexity index is 817. The lowest BCUT2D eigenvalue weighted by atomic mass is 10.0. The van der Waals surface area contributed by atoms with E-state index in [2.05, 4.69) is 9.97 Å². The number of rotatable bonds is 2. The molecule has 0 saturated carbocycles. The normalized spacial score (nSPS) is 10.7. The summed E-state index contributed by atoms with van der Waals surface area (Å²) in [5, 5.41) is 1.47. The number of hydrogen-bond donors (Lipinski definition) is 1. The number of hydrogen-bond acceptors (Lipinski definition) is 3. The van der Waals surface area contributed by atoms with Gasteiger partial charge in [-0.3, -0.25) is 9.78 Å². The molecule has 0 unspecified atom stereocenters.